The lowest BCUT2D eigenvalue weighted by molar-refractivity contribution is -0.168. The molecule has 0 aromatic rings. The molecule has 0 fully saturated rings. The van der Waals surface area contributed by atoms with E-state index in [1.807, 2.05) is 0 Å². The zero-order chi connectivity index (χ0) is 15.6. The molecule has 0 heterocycles. The van der Waals surface area contributed by atoms with Crippen LogP contribution in [-0.4, -0.2) is 37.3 Å². The highest BCUT2D eigenvalue weighted by Crippen LogP contribution is 2.19. The number of carbonyl (C=O) groups is 1. The number of hydroxylamine groups is 2. The standard InChI is InChI=1S/C16H33NO3/c1-7-10-14(13-20-16(2,3)4)11-8-9-12-15(18)17(5)19-6/h14H,7-13H2,1-6H3. The summed E-state index contributed by atoms with van der Waals surface area (Å²) in [6.07, 6.45) is 6.06. The van der Waals surface area contributed by atoms with Crippen LogP contribution in [0.2, 0.25) is 0 Å². The number of nitrogens with zero attached hydrogens (tertiary/aromatic N) is 1. The summed E-state index contributed by atoms with van der Waals surface area (Å²) < 4.78 is 5.88. The van der Waals surface area contributed by atoms with Gasteiger partial charge in [0.2, 0.25) is 5.91 Å². The molecule has 0 saturated heterocycles. The second-order valence-corrected chi connectivity index (χ2v) is 6.40. The average Bonchev–Trinajstić information content (AvgIpc) is 2.38. The third-order valence-corrected chi connectivity index (χ3v) is 3.33. The largest absolute Gasteiger partial charge is 0.376 e. The predicted molar refractivity (Wildman–Crippen MR) is 82.4 cm³/mol. The molecule has 1 unspecified atom stereocenters. The van der Waals surface area contributed by atoms with Gasteiger partial charge in [-0.15, -0.1) is 0 Å². The molecule has 0 rings (SSSR count). The van der Waals surface area contributed by atoms with Gasteiger partial charge in [-0.05, 0) is 46.0 Å². The molecular weight excluding hydrogens is 254 g/mol. The number of unbranched alkanes of at least 4 members (excludes halogenated alkanes) is 1. The maximum Gasteiger partial charge on any atom is 0.245 e. The summed E-state index contributed by atoms with van der Waals surface area (Å²) >= 11 is 0. The fourth-order valence-electron chi connectivity index (χ4n) is 2.06. The summed E-state index contributed by atoms with van der Waals surface area (Å²) in [7, 11) is 3.17. The first kappa shape index (κ1) is 19.4. The second-order valence-electron chi connectivity index (χ2n) is 6.40. The zero-order valence-electron chi connectivity index (χ0n) is 14.2. The SMILES string of the molecule is CCCC(CCCCC(=O)N(C)OC)COC(C)(C)C. The van der Waals surface area contributed by atoms with Crippen LogP contribution < -0.4 is 0 Å². The van der Waals surface area contributed by atoms with E-state index in [1.54, 1.807) is 7.05 Å². The summed E-state index contributed by atoms with van der Waals surface area (Å²) in [4.78, 5) is 16.4. The van der Waals surface area contributed by atoms with Crippen LogP contribution in [0.15, 0.2) is 0 Å². The Kier molecular flexibility index (Phi) is 9.86. The van der Waals surface area contributed by atoms with Crippen LogP contribution in [0.25, 0.3) is 0 Å². The number of hydrogen-bond donors (Lipinski definition) is 0. The van der Waals surface area contributed by atoms with E-state index in [4.69, 9.17) is 9.57 Å². The number of carbonyl (C=O) groups excluding carboxylic acids is 1. The van der Waals surface area contributed by atoms with Gasteiger partial charge in [-0.2, -0.15) is 0 Å². The minimum Gasteiger partial charge on any atom is -0.376 e. The van der Waals surface area contributed by atoms with Crippen molar-refractivity contribution in [3.05, 3.63) is 0 Å². The molecule has 0 aromatic carbocycles. The van der Waals surface area contributed by atoms with Gasteiger partial charge in [0.15, 0.2) is 0 Å². The van der Waals surface area contributed by atoms with E-state index in [9.17, 15) is 4.79 Å². The van der Waals surface area contributed by atoms with Gasteiger partial charge in [-0.1, -0.05) is 19.8 Å². The fourth-order valence-corrected chi connectivity index (χ4v) is 2.06. The molecule has 0 aromatic heterocycles. The minimum atomic E-state index is -0.0663. The van der Waals surface area contributed by atoms with Crippen molar-refractivity contribution in [3.8, 4) is 0 Å². The third kappa shape index (κ3) is 10.2. The molecule has 4 nitrogen and oxygen atoms in total. The van der Waals surface area contributed by atoms with Crippen LogP contribution >= 0.6 is 0 Å². The molecule has 4 heteroatoms. The van der Waals surface area contributed by atoms with Gasteiger partial charge in [-0.3, -0.25) is 9.63 Å². The lowest BCUT2D eigenvalue weighted by Gasteiger charge is -2.24. The van der Waals surface area contributed by atoms with Crippen molar-refractivity contribution in [2.45, 2.75) is 71.8 Å². The zero-order valence-corrected chi connectivity index (χ0v) is 14.2. The van der Waals surface area contributed by atoms with E-state index in [2.05, 4.69) is 27.7 Å². The van der Waals surface area contributed by atoms with Crippen LogP contribution in [0.1, 0.15) is 66.2 Å². The fraction of sp³-hybridized carbons (Fsp3) is 0.938. The van der Waals surface area contributed by atoms with Gasteiger partial charge >= 0.3 is 0 Å². The molecule has 20 heavy (non-hydrogen) atoms. The monoisotopic (exact) mass is 287 g/mol. The van der Waals surface area contributed by atoms with Crippen molar-refractivity contribution in [2.75, 3.05) is 20.8 Å². The Morgan fingerprint density at radius 3 is 2.35 bits per heavy atom. The summed E-state index contributed by atoms with van der Waals surface area (Å²) in [5.41, 5.74) is -0.0663. The highest BCUT2D eigenvalue weighted by Gasteiger charge is 2.15. The molecule has 0 radical (unpaired) electrons. The topological polar surface area (TPSA) is 38.8 Å². The van der Waals surface area contributed by atoms with Crippen molar-refractivity contribution in [1.29, 1.82) is 0 Å². The molecule has 0 aliphatic rings. The molecule has 0 N–H and O–H groups in total. The van der Waals surface area contributed by atoms with Gasteiger partial charge in [0.25, 0.3) is 0 Å². The third-order valence-electron chi connectivity index (χ3n) is 3.33. The Morgan fingerprint density at radius 1 is 1.20 bits per heavy atom. The lowest BCUT2D eigenvalue weighted by Crippen LogP contribution is -2.25. The summed E-state index contributed by atoms with van der Waals surface area (Å²) in [5.74, 6) is 0.653. The van der Waals surface area contributed by atoms with Gasteiger partial charge in [0.1, 0.15) is 0 Å². The average molecular weight is 287 g/mol. The highest BCUT2D eigenvalue weighted by molar-refractivity contribution is 5.74. The van der Waals surface area contributed by atoms with Crippen LogP contribution in [0.3, 0.4) is 0 Å². The maximum absolute atomic E-state index is 11.6. The van der Waals surface area contributed by atoms with Crippen LogP contribution in [0.5, 0.6) is 0 Å². The van der Waals surface area contributed by atoms with E-state index in [0.29, 0.717) is 12.3 Å². The van der Waals surface area contributed by atoms with E-state index in [1.165, 1.54) is 25.0 Å². The molecule has 1 amide bonds. The maximum atomic E-state index is 11.6. The number of amides is 1. The quantitative estimate of drug-likeness (QED) is 0.453. The Morgan fingerprint density at radius 2 is 1.85 bits per heavy atom. The number of rotatable bonds is 10. The highest BCUT2D eigenvalue weighted by atomic mass is 16.7. The van der Waals surface area contributed by atoms with Crippen molar-refractivity contribution in [1.82, 2.24) is 5.06 Å². The molecular formula is C16H33NO3. The summed E-state index contributed by atoms with van der Waals surface area (Å²) in [6.45, 7) is 9.31. The Bertz CT molecular complexity index is 261. The van der Waals surface area contributed by atoms with Gasteiger partial charge in [0, 0.05) is 13.5 Å². The van der Waals surface area contributed by atoms with Gasteiger partial charge in [0.05, 0.1) is 19.3 Å². The molecule has 1 atom stereocenters. The predicted octanol–water partition coefficient (Wildman–Crippen LogP) is 3.80. The van der Waals surface area contributed by atoms with Gasteiger partial charge < -0.3 is 4.74 Å². The Balaban J connectivity index is 3.89. The first-order valence-electron chi connectivity index (χ1n) is 7.74. The van der Waals surface area contributed by atoms with Crippen molar-refractivity contribution >= 4 is 5.91 Å². The first-order chi connectivity index (χ1) is 9.30. The summed E-state index contributed by atoms with van der Waals surface area (Å²) in [5, 5.41) is 1.30. The molecule has 0 bridgehead atoms. The lowest BCUT2D eigenvalue weighted by atomic mass is 9.97. The normalized spacial score (nSPS) is 13.3. The summed E-state index contributed by atoms with van der Waals surface area (Å²) in [6, 6.07) is 0. The van der Waals surface area contributed by atoms with Gasteiger partial charge in [-0.25, -0.2) is 5.06 Å². The van der Waals surface area contributed by atoms with E-state index >= 15 is 0 Å². The van der Waals surface area contributed by atoms with Crippen LogP contribution in [-0.2, 0) is 14.4 Å². The molecule has 0 spiro atoms. The minimum absolute atomic E-state index is 0.0467. The molecule has 120 valence electrons. The number of hydrogen-bond acceptors (Lipinski definition) is 3. The first-order valence-corrected chi connectivity index (χ1v) is 7.74. The van der Waals surface area contributed by atoms with E-state index in [0.717, 1.165) is 25.9 Å². The van der Waals surface area contributed by atoms with E-state index < -0.39 is 0 Å². The van der Waals surface area contributed by atoms with Crippen LogP contribution in [0, 0.1) is 5.92 Å². The van der Waals surface area contributed by atoms with Crippen LogP contribution in [0.4, 0.5) is 0 Å². The smallest absolute Gasteiger partial charge is 0.245 e. The Hall–Kier alpha value is -0.610. The Labute approximate surface area is 124 Å². The van der Waals surface area contributed by atoms with E-state index in [-0.39, 0.29) is 11.5 Å². The second kappa shape index (κ2) is 10.2. The molecule has 0 aliphatic heterocycles. The van der Waals surface area contributed by atoms with Crippen molar-refractivity contribution in [2.24, 2.45) is 5.92 Å². The van der Waals surface area contributed by atoms with Crippen molar-refractivity contribution in [3.63, 3.8) is 0 Å². The molecule has 0 aliphatic carbocycles. The number of ether oxygens (including phenoxy) is 1. The molecule has 0 saturated carbocycles. The van der Waals surface area contributed by atoms with Crippen molar-refractivity contribution < 1.29 is 14.4 Å².